The zero-order valence-electron chi connectivity index (χ0n) is 48.7. The van der Waals surface area contributed by atoms with Crippen molar-refractivity contribution in [2.45, 2.75) is 171 Å². The minimum absolute atomic E-state index is 0.101. The highest BCUT2D eigenvalue weighted by Crippen LogP contribution is 2.47. The Morgan fingerprint density at radius 3 is 1.74 bits per heavy atom. The van der Waals surface area contributed by atoms with Gasteiger partial charge in [0.2, 0.25) is 35.4 Å². The van der Waals surface area contributed by atoms with Crippen molar-refractivity contribution in [3.05, 3.63) is 107 Å². The zero-order chi connectivity index (χ0) is 62.6. The number of nitrogens with one attached hydrogen (secondary N) is 9. The number of ketones is 2. The van der Waals surface area contributed by atoms with Crippen LogP contribution in [0.25, 0.3) is 0 Å². The molecule has 0 saturated carbocycles. The number of hydrogen-bond acceptors (Lipinski definition) is 15. The van der Waals surface area contributed by atoms with E-state index in [0.717, 1.165) is 18.6 Å². The number of aliphatic hydroxyl groups excluding tert-OH is 2. The molecular formula is C60H81N9O15S. The van der Waals surface area contributed by atoms with Gasteiger partial charge in [0, 0.05) is 54.4 Å². The van der Waals surface area contributed by atoms with Gasteiger partial charge in [-0.05, 0) is 70.4 Å². The minimum Gasteiger partial charge on any atom is -0.481 e. The van der Waals surface area contributed by atoms with E-state index in [1.165, 1.54) is 38.1 Å². The van der Waals surface area contributed by atoms with E-state index >= 15 is 0 Å². The van der Waals surface area contributed by atoms with E-state index < -0.39 is 102 Å². The summed E-state index contributed by atoms with van der Waals surface area (Å²) in [6.07, 6.45) is -0.854. The summed E-state index contributed by atoms with van der Waals surface area (Å²) in [6.45, 7) is 9.76. The molecule has 0 spiro atoms. The zero-order valence-corrected chi connectivity index (χ0v) is 49.6. The van der Waals surface area contributed by atoms with E-state index in [-0.39, 0.29) is 71.2 Å². The number of carboxylic acids is 2. The average molecular weight is 1200 g/mol. The normalized spacial score (nSPS) is 19.8. The number of Topliss-reactive ketones (excluding diaryl/α,β-unsaturated/α-hetero) is 1. The maximum absolute atomic E-state index is 14.3. The molecule has 11 atom stereocenters. The summed E-state index contributed by atoms with van der Waals surface area (Å²) in [5.74, 6) is -8.84. The topological polar surface area (TPSA) is 377 Å². The van der Waals surface area contributed by atoms with Crippen molar-refractivity contribution in [1.29, 1.82) is 0 Å². The fraction of sp³-hybridized carbons (Fsp3) is 0.517. The summed E-state index contributed by atoms with van der Waals surface area (Å²) in [5.41, 5.74) is 0.881. The van der Waals surface area contributed by atoms with E-state index in [4.69, 9.17) is 0 Å². The summed E-state index contributed by atoms with van der Waals surface area (Å²) in [5, 5.41) is 65.3. The molecule has 0 aliphatic carbocycles. The summed E-state index contributed by atoms with van der Waals surface area (Å²) in [7, 11) is 0. The van der Waals surface area contributed by atoms with Crippen LogP contribution in [0.3, 0.4) is 0 Å². The number of benzene rings is 3. The molecule has 2 aliphatic heterocycles. The first kappa shape index (κ1) is 68.0. The molecule has 8 amide bonds. The van der Waals surface area contributed by atoms with Gasteiger partial charge in [-0.3, -0.25) is 48.5 Å². The van der Waals surface area contributed by atoms with Crippen LogP contribution in [0.15, 0.2) is 84.9 Å². The molecular weight excluding hydrogens is 1120 g/mol. The molecule has 3 aromatic carbocycles. The standard InChI is InChI=1S/C60H81N9O15S/c1-34(2)48(66-55(80)49(35(3)70)62-32-41(72)21-15-16-28-61-46(73)23-14-13-22-45-60(6)59(5,33-85-45)68-58(84)69-60)54(79)67-50(36(4)71)56(81)64-42(29-38-24-26-40(27-25-38)51(76)39-19-11-8-12-20-39)52(77)63-43(31-47(74)75)53(78)65-44(57(82)83)30-37-17-9-7-10-18-37/h7-12,17-20,24-27,34-36,42-45,48-50,62,70-71H,13-16,21-23,28-33H2,1-6H3,(H,61,73)(H,63,77)(H,64,81)(H,65,78)(H,66,80)(H,67,79)(H,74,75)(H,82,83)(H2,68,69,84)/t35-,36-,42+,43+,44+,45+,48+,49+,50+,59+,60-/m1/s1. The Kier molecular flexibility index (Phi) is 25.6. The molecule has 0 unspecified atom stereocenters. The quantitative estimate of drug-likeness (QED) is 0.0225. The molecule has 2 heterocycles. The molecule has 0 bridgehead atoms. The van der Waals surface area contributed by atoms with Gasteiger partial charge in [0.15, 0.2) is 5.78 Å². The summed E-state index contributed by atoms with van der Waals surface area (Å²) in [6, 6.07) is 12.7. The molecule has 5 rings (SSSR count). The summed E-state index contributed by atoms with van der Waals surface area (Å²) < 4.78 is 0. The Balaban J connectivity index is 1.18. The number of thioether (sulfide) groups is 1. The molecule has 3 aromatic rings. The smallest absolute Gasteiger partial charge is 0.326 e. The van der Waals surface area contributed by atoms with Crippen molar-refractivity contribution in [1.82, 2.24) is 47.9 Å². The number of hydrogen-bond donors (Lipinski definition) is 13. The third-order valence-corrected chi connectivity index (χ3v) is 17.1. The van der Waals surface area contributed by atoms with E-state index in [0.29, 0.717) is 48.9 Å². The first-order valence-electron chi connectivity index (χ1n) is 28.5. The Labute approximate surface area is 498 Å². The Morgan fingerprint density at radius 2 is 1.13 bits per heavy atom. The molecule has 13 N–H and O–H groups in total. The first-order valence-corrected chi connectivity index (χ1v) is 29.6. The van der Waals surface area contributed by atoms with E-state index in [2.05, 4.69) is 54.8 Å². The second kappa shape index (κ2) is 32.0. The molecule has 2 saturated heterocycles. The Morgan fingerprint density at radius 1 is 0.600 bits per heavy atom. The second-order valence-electron chi connectivity index (χ2n) is 22.5. The van der Waals surface area contributed by atoms with Crippen LogP contribution in [0, 0.1) is 5.92 Å². The van der Waals surface area contributed by atoms with Gasteiger partial charge in [-0.1, -0.05) is 105 Å². The van der Waals surface area contributed by atoms with Gasteiger partial charge >= 0.3 is 18.0 Å². The fourth-order valence-electron chi connectivity index (χ4n) is 10.0. The van der Waals surface area contributed by atoms with Crippen molar-refractivity contribution in [3.63, 3.8) is 0 Å². The van der Waals surface area contributed by atoms with Crippen LogP contribution in [0.2, 0.25) is 0 Å². The van der Waals surface area contributed by atoms with E-state index in [1.807, 2.05) is 18.7 Å². The number of rotatable bonds is 35. The molecule has 462 valence electrons. The highest BCUT2D eigenvalue weighted by Gasteiger charge is 2.60. The Hall–Kier alpha value is -7.74. The summed E-state index contributed by atoms with van der Waals surface area (Å²) >= 11 is 1.82. The highest BCUT2D eigenvalue weighted by atomic mass is 32.2. The number of unbranched alkanes of at least 4 members (excludes halogenated alkanes) is 2. The number of aliphatic carboxylic acids is 2. The maximum Gasteiger partial charge on any atom is 0.326 e. The second-order valence-corrected chi connectivity index (χ2v) is 23.7. The predicted molar refractivity (Wildman–Crippen MR) is 315 cm³/mol. The van der Waals surface area contributed by atoms with Crippen molar-refractivity contribution >= 4 is 76.7 Å². The van der Waals surface area contributed by atoms with Crippen molar-refractivity contribution in [2.75, 3.05) is 18.8 Å². The number of carboxylic acid groups (broad SMARTS) is 2. The molecule has 0 aromatic heterocycles. The van der Waals surface area contributed by atoms with E-state index in [1.54, 1.807) is 74.5 Å². The third-order valence-electron chi connectivity index (χ3n) is 15.3. The van der Waals surface area contributed by atoms with Gasteiger partial charge in [0.25, 0.3) is 0 Å². The molecule has 25 heteroatoms. The van der Waals surface area contributed by atoms with Crippen LogP contribution < -0.4 is 47.9 Å². The molecule has 24 nitrogen and oxygen atoms in total. The van der Waals surface area contributed by atoms with Crippen LogP contribution in [-0.2, 0) is 56.0 Å². The SMILES string of the molecule is CC(C)[C@H](NC(=O)[C@@H](NCC(=O)CCCCNC(=O)CCCC[C@@H]1SC[C@]2(C)NC(=O)N[C@]12C)[C@@H](C)O)C(=O)N[C@H](C(=O)N[C@@H](Cc1ccc(C(=O)c2ccccc2)cc1)C(=O)N[C@@H](CC(=O)O)C(=O)N[C@@H](Cc1ccccc1)C(=O)O)[C@@H](C)O. The maximum atomic E-state index is 14.3. The van der Waals surface area contributed by atoms with Crippen LogP contribution in [0.1, 0.15) is 120 Å². The van der Waals surface area contributed by atoms with Crippen molar-refractivity contribution in [2.24, 2.45) is 5.92 Å². The van der Waals surface area contributed by atoms with Gasteiger partial charge in [-0.25, -0.2) is 9.59 Å². The van der Waals surface area contributed by atoms with Crippen molar-refractivity contribution < 1.29 is 73.2 Å². The van der Waals surface area contributed by atoms with Crippen LogP contribution in [0.5, 0.6) is 0 Å². The molecule has 2 aliphatic rings. The number of urea groups is 1. The molecule has 0 radical (unpaired) electrons. The third kappa shape index (κ3) is 19.9. The van der Waals surface area contributed by atoms with Gasteiger partial charge in [0.1, 0.15) is 42.0 Å². The van der Waals surface area contributed by atoms with Crippen molar-refractivity contribution in [3.8, 4) is 0 Å². The lowest BCUT2D eigenvalue weighted by molar-refractivity contribution is -0.143. The number of amides is 8. The largest absolute Gasteiger partial charge is 0.481 e. The number of aliphatic hydroxyl groups is 2. The lowest BCUT2D eigenvalue weighted by atomic mass is 9.79. The van der Waals surface area contributed by atoms with Gasteiger partial charge in [0.05, 0.1) is 36.3 Å². The van der Waals surface area contributed by atoms with Gasteiger partial charge in [-0.15, -0.1) is 0 Å². The predicted octanol–water partition coefficient (Wildman–Crippen LogP) is 1.42. The van der Waals surface area contributed by atoms with Crippen LogP contribution >= 0.6 is 11.8 Å². The fourth-order valence-corrected chi connectivity index (χ4v) is 11.9. The number of carbonyl (C=O) groups is 11. The van der Waals surface area contributed by atoms with Crippen LogP contribution in [0.4, 0.5) is 4.79 Å². The minimum atomic E-state index is -1.88. The highest BCUT2D eigenvalue weighted by molar-refractivity contribution is 8.00. The average Bonchev–Trinajstić information content (AvgIpc) is 1.78. The lowest BCUT2D eigenvalue weighted by Crippen LogP contribution is -2.63. The molecule has 2 fully saturated rings. The first-order chi connectivity index (χ1) is 40.2. The van der Waals surface area contributed by atoms with E-state index in [9.17, 15) is 73.2 Å². The summed E-state index contributed by atoms with van der Waals surface area (Å²) in [4.78, 5) is 145. The number of fused-ring (bicyclic) bond motifs is 1. The number of carbonyl (C=O) groups excluding carboxylic acids is 9. The lowest BCUT2D eigenvalue weighted by Gasteiger charge is -2.35. The Bertz CT molecular complexity index is 2840. The van der Waals surface area contributed by atoms with Gasteiger partial charge < -0.3 is 63.0 Å². The molecule has 85 heavy (non-hydrogen) atoms. The monoisotopic (exact) mass is 1200 g/mol. The van der Waals surface area contributed by atoms with Crippen LogP contribution in [-0.4, -0.2) is 169 Å². The van der Waals surface area contributed by atoms with Gasteiger partial charge in [-0.2, -0.15) is 11.8 Å².